The van der Waals surface area contributed by atoms with Crippen LogP contribution >= 0.6 is 0 Å². The van der Waals surface area contributed by atoms with E-state index in [2.05, 4.69) is 17.0 Å². The van der Waals surface area contributed by atoms with Crippen LogP contribution in [0.4, 0.5) is 0 Å². The van der Waals surface area contributed by atoms with E-state index in [1.54, 1.807) is 27.4 Å². The number of rotatable bonds is 7. The molecule has 1 aliphatic rings. The number of hydrogen-bond acceptors (Lipinski definition) is 5. The fourth-order valence-electron chi connectivity index (χ4n) is 3.70. The molecule has 0 aliphatic carbocycles. The van der Waals surface area contributed by atoms with Gasteiger partial charge in [0.1, 0.15) is 5.75 Å². The monoisotopic (exact) mass is 410 g/mol. The highest BCUT2D eigenvalue weighted by atomic mass is 16.5. The van der Waals surface area contributed by atoms with Gasteiger partial charge in [0.15, 0.2) is 11.5 Å². The van der Waals surface area contributed by atoms with E-state index in [0.29, 0.717) is 30.2 Å². The third kappa shape index (κ3) is 4.94. The van der Waals surface area contributed by atoms with Gasteiger partial charge in [-0.25, -0.2) is 0 Å². The maximum atomic E-state index is 13.1. The highest BCUT2D eigenvalue weighted by Crippen LogP contribution is 2.34. The Labute approximate surface area is 178 Å². The van der Waals surface area contributed by atoms with Crippen molar-refractivity contribution >= 4 is 12.0 Å². The standard InChI is InChI=1S/C24H30N2O4/c1-5-6-19-15-20(16-22(29-3)23(19)30-4)24(27)26-13-11-25(12-14-26)17-18-7-9-21(28-2)10-8-18/h5-10,15-16H,11-14,17H2,1-4H3/b6-5+. The first kappa shape index (κ1) is 21.7. The molecule has 1 aliphatic heterocycles. The molecule has 0 radical (unpaired) electrons. The van der Waals surface area contributed by atoms with Crippen LogP contribution in [0, 0.1) is 0 Å². The van der Waals surface area contributed by atoms with E-state index < -0.39 is 0 Å². The number of piperazine rings is 1. The molecule has 160 valence electrons. The van der Waals surface area contributed by atoms with Gasteiger partial charge in [0, 0.05) is 43.9 Å². The molecular formula is C24H30N2O4. The molecule has 0 atom stereocenters. The molecule has 0 N–H and O–H groups in total. The van der Waals surface area contributed by atoms with E-state index in [1.165, 1.54) is 5.56 Å². The highest BCUT2D eigenvalue weighted by molar-refractivity contribution is 5.96. The minimum absolute atomic E-state index is 0.0193. The third-order valence-corrected chi connectivity index (χ3v) is 5.33. The van der Waals surface area contributed by atoms with Gasteiger partial charge in [-0.15, -0.1) is 0 Å². The highest BCUT2D eigenvalue weighted by Gasteiger charge is 2.24. The summed E-state index contributed by atoms with van der Waals surface area (Å²) in [5, 5.41) is 0. The van der Waals surface area contributed by atoms with Crippen molar-refractivity contribution in [1.29, 1.82) is 0 Å². The van der Waals surface area contributed by atoms with Crippen molar-refractivity contribution in [3.8, 4) is 17.2 Å². The lowest BCUT2D eigenvalue weighted by Crippen LogP contribution is -2.48. The van der Waals surface area contributed by atoms with Gasteiger partial charge in [-0.05, 0) is 36.8 Å². The van der Waals surface area contributed by atoms with Crippen LogP contribution in [0.15, 0.2) is 42.5 Å². The second-order valence-electron chi connectivity index (χ2n) is 7.22. The van der Waals surface area contributed by atoms with Crippen LogP contribution in [0.3, 0.4) is 0 Å². The van der Waals surface area contributed by atoms with Crippen molar-refractivity contribution in [1.82, 2.24) is 9.80 Å². The lowest BCUT2D eigenvalue weighted by atomic mass is 10.1. The lowest BCUT2D eigenvalue weighted by Gasteiger charge is -2.35. The molecular weight excluding hydrogens is 380 g/mol. The fraction of sp³-hybridized carbons (Fsp3) is 0.375. The van der Waals surface area contributed by atoms with Crippen LogP contribution in [-0.4, -0.2) is 63.2 Å². The van der Waals surface area contributed by atoms with Crippen molar-refractivity contribution in [3.05, 3.63) is 59.2 Å². The van der Waals surface area contributed by atoms with Crippen LogP contribution in [0.5, 0.6) is 17.2 Å². The zero-order chi connectivity index (χ0) is 21.5. The molecule has 1 fully saturated rings. The second-order valence-corrected chi connectivity index (χ2v) is 7.22. The van der Waals surface area contributed by atoms with Gasteiger partial charge in [0.25, 0.3) is 5.91 Å². The van der Waals surface area contributed by atoms with E-state index in [9.17, 15) is 4.79 Å². The number of carbonyl (C=O) groups excluding carboxylic acids is 1. The van der Waals surface area contributed by atoms with E-state index >= 15 is 0 Å². The summed E-state index contributed by atoms with van der Waals surface area (Å²) in [6.07, 6.45) is 3.84. The van der Waals surface area contributed by atoms with Crippen molar-refractivity contribution in [3.63, 3.8) is 0 Å². The summed E-state index contributed by atoms with van der Waals surface area (Å²) >= 11 is 0. The topological polar surface area (TPSA) is 51.2 Å². The van der Waals surface area contributed by atoms with Gasteiger partial charge in [-0.3, -0.25) is 9.69 Å². The summed E-state index contributed by atoms with van der Waals surface area (Å²) in [6, 6.07) is 11.8. The molecule has 3 rings (SSSR count). The van der Waals surface area contributed by atoms with Gasteiger partial charge >= 0.3 is 0 Å². The molecule has 0 unspecified atom stereocenters. The Balaban J connectivity index is 1.66. The molecule has 2 aromatic carbocycles. The van der Waals surface area contributed by atoms with Crippen LogP contribution < -0.4 is 14.2 Å². The normalized spacial score (nSPS) is 14.7. The maximum Gasteiger partial charge on any atom is 0.254 e. The predicted molar refractivity (Wildman–Crippen MR) is 118 cm³/mol. The lowest BCUT2D eigenvalue weighted by molar-refractivity contribution is 0.0628. The fourth-order valence-corrected chi connectivity index (χ4v) is 3.70. The zero-order valence-corrected chi connectivity index (χ0v) is 18.2. The molecule has 0 saturated carbocycles. The number of methoxy groups -OCH3 is 3. The SMILES string of the molecule is C/C=C/c1cc(C(=O)N2CCN(Cc3ccc(OC)cc3)CC2)cc(OC)c1OC. The molecule has 0 aromatic heterocycles. The Kier molecular flexibility index (Phi) is 7.36. The molecule has 0 spiro atoms. The summed E-state index contributed by atoms with van der Waals surface area (Å²) < 4.78 is 16.1. The number of carbonyl (C=O) groups is 1. The number of nitrogens with zero attached hydrogens (tertiary/aromatic N) is 2. The zero-order valence-electron chi connectivity index (χ0n) is 18.2. The summed E-state index contributed by atoms with van der Waals surface area (Å²) in [6.45, 7) is 5.88. The number of hydrogen-bond donors (Lipinski definition) is 0. The average Bonchev–Trinajstić information content (AvgIpc) is 2.79. The van der Waals surface area contributed by atoms with E-state index in [4.69, 9.17) is 14.2 Å². The number of ether oxygens (including phenoxy) is 3. The Hall–Kier alpha value is -2.99. The molecule has 2 aromatic rings. The molecule has 1 saturated heterocycles. The molecule has 1 heterocycles. The van der Waals surface area contributed by atoms with E-state index in [-0.39, 0.29) is 5.91 Å². The summed E-state index contributed by atoms with van der Waals surface area (Å²) in [7, 11) is 4.86. The van der Waals surface area contributed by atoms with Gasteiger partial charge in [-0.2, -0.15) is 0 Å². The maximum absolute atomic E-state index is 13.1. The van der Waals surface area contributed by atoms with E-state index in [1.807, 2.05) is 42.2 Å². The largest absolute Gasteiger partial charge is 0.497 e. The first-order valence-corrected chi connectivity index (χ1v) is 10.1. The first-order chi connectivity index (χ1) is 14.6. The van der Waals surface area contributed by atoms with Crippen LogP contribution in [0.1, 0.15) is 28.4 Å². The van der Waals surface area contributed by atoms with Crippen LogP contribution in [-0.2, 0) is 6.54 Å². The molecule has 6 heteroatoms. The van der Waals surface area contributed by atoms with Gasteiger partial charge in [0.2, 0.25) is 0 Å². The third-order valence-electron chi connectivity index (χ3n) is 5.33. The summed E-state index contributed by atoms with van der Waals surface area (Å²) in [4.78, 5) is 17.4. The first-order valence-electron chi connectivity index (χ1n) is 10.1. The Morgan fingerprint density at radius 3 is 2.23 bits per heavy atom. The quantitative estimate of drug-likeness (QED) is 0.697. The number of amides is 1. The Morgan fingerprint density at radius 2 is 1.67 bits per heavy atom. The predicted octanol–water partition coefficient (Wildman–Crippen LogP) is 3.70. The number of benzene rings is 2. The molecule has 0 bridgehead atoms. The smallest absolute Gasteiger partial charge is 0.254 e. The minimum Gasteiger partial charge on any atom is -0.497 e. The van der Waals surface area contributed by atoms with Gasteiger partial charge in [-0.1, -0.05) is 24.3 Å². The van der Waals surface area contributed by atoms with Crippen LogP contribution in [0.25, 0.3) is 6.08 Å². The minimum atomic E-state index is 0.0193. The summed E-state index contributed by atoms with van der Waals surface area (Å²) in [5.74, 6) is 2.08. The van der Waals surface area contributed by atoms with Crippen molar-refractivity contribution in [2.75, 3.05) is 47.5 Å². The second kappa shape index (κ2) is 10.2. The molecule has 1 amide bonds. The number of allylic oxidation sites excluding steroid dienone is 1. The van der Waals surface area contributed by atoms with Crippen LogP contribution in [0.2, 0.25) is 0 Å². The molecule has 30 heavy (non-hydrogen) atoms. The Bertz CT molecular complexity index is 885. The van der Waals surface area contributed by atoms with Crippen molar-refractivity contribution in [2.24, 2.45) is 0 Å². The average molecular weight is 411 g/mol. The van der Waals surface area contributed by atoms with Crippen molar-refractivity contribution in [2.45, 2.75) is 13.5 Å². The molecule has 6 nitrogen and oxygen atoms in total. The Morgan fingerprint density at radius 1 is 0.967 bits per heavy atom. The van der Waals surface area contributed by atoms with Gasteiger partial charge in [0.05, 0.1) is 21.3 Å². The van der Waals surface area contributed by atoms with Gasteiger partial charge < -0.3 is 19.1 Å². The van der Waals surface area contributed by atoms with Crippen molar-refractivity contribution < 1.29 is 19.0 Å². The summed E-state index contributed by atoms with van der Waals surface area (Å²) in [5.41, 5.74) is 2.69. The van der Waals surface area contributed by atoms with E-state index in [0.717, 1.165) is 30.9 Å².